The van der Waals surface area contributed by atoms with Gasteiger partial charge in [0.05, 0.1) is 0 Å². The molecule has 1 nitrogen and oxygen atoms in total. The summed E-state index contributed by atoms with van der Waals surface area (Å²) in [5.74, 6) is 0. The summed E-state index contributed by atoms with van der Waals surface area (Å²) in [4.78, 5) is 2.39. The van der Waals surface area contributed by atoms with Crippen LogP contribution in [0.2, 0.25) is 0 Å². The van der Waals surface area contributed by atoms with Crippen LogP contribution in [0.3, 0.4) is 0 Å². The molecule has 5 rings (SSSR count). The van der Waals surface area contributed by atoms with E-state index in [1.165, 1.54) is 61.6 Å². The van der Waals surface area contributed by atoms with Crippen LogP contribution >= 0.6 is 0 Å². The van der Waals surface area contributed by atoms with Crippen LogP contribution in [0.1, 0.15) is 33.4 Å². The van der Waals surface area contributed by atoms with Crippen LogP contribution in [-0.4, -0.2) is 0 Å². The highest BCUT2D eigenvalue weighted by Gasteiger charge is 2.21. The first-order valence-electron chi connectivity index (χ1n) is 10.7. The van der Waals surface area contributed by atoms with Crippen molar-refractivity contribution >= 4 is 17.1 Å². The molecule has 0 saturated heterocycles. The Bertz CT molecular complexity index is 1250. The van der Waals surface area contributed by atoms with Gasteiger partial charge in [0.15, 0.2) is 0 Å². The van der Waals surface area contributed by atoms with Gasteiger partial charge >= 0.3 is 0 Å². The molecule has 0 unspecified atom stereocenters. The summed E-state index contributed by atoms with van der Waals surface area (Å²) in [6.45, 7) is 8.67. The number of hydrogen-bond donors (Lipinski definition) is 0. The van der Waals surface area contributed by atoms with E-state index in [0.29, 0.717) is 0 Å². The molecule has 30 heavy (non-hydrogen) atoms. The van der Waals surface area contributed by atoms with E-state index >= 15 is 0 Å². The largest absolute Gasteiger partial charge is 0.310 e. The first-order valence-corrected chi connectivity index (χ1v) is 10.7. The molecule has 0 heterocycles. The van der Waals surface area contributed by atoms with Gasteiger partial charge in [-0.2, -0.15) is 0 Å². The van der Waals surface area contributed by atoms with E-state index in [1.54, 1.807) is 0 Å². The van der Waals surface area contributed by atoms with Gasteiger partial charge in [-0.05, 0) is 92.3 Å². The Morgan fingerprint density at radius 3 is 1.83 bits per heavy atom. The van der Waals surface area contributed by atoms with E-state index in [4.69, 9.17) is 0 Å². The predicted octanol–water partition coefficient (Wildman–Crippen LogP) is 7.96. The van der Waals surface area contributed by atoms with Gasteiger partial charge < -0.3 is 4.90 Å². The maximum atomic E-state index is 2.39. The summed E-state index contributed by atoms with van der Waals surface area (Å²) in [7, 11) is 0. The van der Waals surface area contributed by atoms with Crippen molar-refractivity contribution in [3.05, 3.63) is 112 Å². The van der Waals surface area contributed by atoms with E-state index in [1.807, 2.05) is 0 Å². The van der Waals surface area contributed by atoms with Crippen molar-refractivity contribution in [1.82, 2.24) is 0 Å². The minimum absolute atomic E-state index is 1.01. The van der Waals surface area contributed by atoms with Crippen molar-refractivity contribution in [2.75, 3.05) is 4.90 Å². The van der Waals surface area contributed by atoms with E-state index in [9.17, 15) is 0 Å². The number of benzene rings is 4. The van der Waals surface area contributed by atoms with E-state index in [-0.39, 0.29) is 0 Å². The van der Waals surface area contributed by atoms with Crippen molar-refractivity contribution in [3.8, 4) is 11.1 Å². The Kier molecular flexibility index (Phi) is 4.47. The molecule has 1 aliphatic carbocycles. The van der Waals surface area contributed by atoms with Crippen LogP contribution in [0.5, 0.6) is 0 Å². The van der Waals surface area contributed by atoms with Crippen LogP contribution in [0.4, 0.5) is 17.1 Å². The summed E-state index contributed by atoms with van der Waals surface area (Å²) in [6.07, 6.45) is 1.01. The molecule has 0 saturated carbocycles. The number of anilines is 3. The third kappa shape index (κ3) is 3.21. The maximum Gasteiger partial charge on any atom is 0.0490 e. The zero-order chi connectivity index (χ0) is 20.8. The van der Waals surface area contributed by atoms with Gasteiger partial charge in [-0.15, -0.1) is 0 Å². The fraction of sp³-hybridized carbons (Fsp3) is 0.172. The normalized spacial score (nSPS) is 11.9. The molecule has 0 fully saturated rings. The monoisotopic (exact) mass is 389 g/mol. The van der Waals surface area contributed by atoms with Gasteiger partial charge in [-0.25, -0.2) is 0 Å². The first kappa shape index (κ1) is 18.7. The van der Waals surface area contributed by atoms with Crippen molar-refractivity contribution < 1.29 is 0 Å². The van der Waals surface area contributed by atoms with Crippen LogP contribution in [0.25, 0.3) is 11.1 Å². The van der Waals surface area contributed by atoms with Crippen LogP contribution < -0.4 is 4.90 Å². The van der Waals surface area contributed by atoms with E-state index in [0.717, 1.165) is 6.42 Å². The van der Waals surface area contributed by atoms with Crippen molar-refractivity contribution in [3.63, 3.8) is 0 Å². The van der Waals surface area contributed by atoms with Gasteiger partial charge in [0.1, 0.15) is 0 Å². The Labute approximate surface area is 179 Å². The quantitative estimate of drug-likeness (QED) is 0.302. The highest BCUT2D eigenvalue weighted by molar-refractivity contribution is 5.84. The van der Waals surface area contributed by atoms with Crippen molar-refractivity contribution in [2.24, 2.45) is 0 Å². The van der Waals surface area contributed by atoms with Gasteiger partial charge in [0.2, 0.25) is 0 Å². The summed E-state index contributed by atoms with van der Waals surface area (Å²) in [6, 6.07) is 29.3. The van der Waals surface area contributed by atoms with Crippen LogP contribution in [0.15, 0.2) is 78.9 Å². The second-order valence-corrected chi connectivity index (χ2v) is 8.64. The Morgan fingerprint density at radius 2 is 1.10 bits per heavy atom. The first-order chi connectivity index (χ1) is 14.5. The summed E-state index contributed by atoms with van der Waals surface area (Å²) < 4.78 is 0. The fourth-order valence-corrected chi connectivity index (χ4v) is 4.64. The fourth-order valence-electron chi connectivity index (χ4n) is 4.64. The molecule has 0 aliphatic heterocycles. The van der Waals surface area contributed by atoms with E-state index < -0.39 is 0 Å². The number of nitrogens with zero attached hydrogens (tertiary/aromatic N) is 1. The second-order valence-electron chi connectivity index (χ2n) is 8.64. The molecule has 0 spiro atoms. The minimum Gasteiger partial charge on any atom is -0.310 e. The summed E-state index contributed by atoms with van der Waals surface area (Å²) in [5, 5.41) is 0. The molecule has 1 aliphatic rings. The minimum atomic E-state index is 1.01. The summed E-state index contributed by atoms with van der Waals surface area (Å²) in [5.41, 5.74) is 14.4. The van der Waals surface area contributed by atoms with Crippen molar-refractivity contribution in [1.29, 1.82) is 0 Å². The zero-order valence-corrected chi connectivity index (χ0v) is 18.2. The van der Waals surface area contributed by atoms with Crippen molar-refractivity contribution in [2.45, 2.75) is 34.1 Å². The molecule has 0 radical (unpaired) electrons. The van der Waals surface area contributed by atoms with Crippen LogP contribution in [0, 0.1) is 27.7 Å². The standard InChI is InChI=1S/C29H27N/c1-19-5-9-25(10-6-19)30(29-14-8-20(2)15-22(29)4)26-11-13-28-24(18-26)17-23-16-21(3)7-12-27(23)28/h5-16,18H,17H2,1-4H3. The molecule has 4 aromatic rings. The summed E-state index contributed by atoms with van der Waals surface area (Å²) >= 11 is 0. The lowest BCUT2D eigenvalue weighted by molar-refractivity contribution is 1.21. The lowest BCUT2D eigenvalue weighted by Gasteiger charge is -2.28. The molecule has 0 N–H and O–H groups in total. The predicted molar refractivity (Wildman–Crippen MR) is 128 cm³/mol. The maximum absolute atomic E-state index is 2.39. The lowest BCUT2D eigenvalue weighted by Crippen LogP contribution is -2.11. The van der Waals surface area contributed by atoms with Gasteiger partial charge in [-0.3, -0.25) is 0 Å². The highest BCUT2D eigenvalue weighted by Crippen LogP contribution is 2.42. The average Bonchev–Trinajstić information content (AvgIpc) is 3.07. The zero-order valence-electron chi connectivity index (χ0n) is 18.2. The number of aryl methyl sites for hydroxylation is 4. The average molecular weight is 390 g/mol. The van der Waals surface area contributed by atoms with Gasteiger partial charge in [0.25, 0.3) is 0 Å². The topological polar surface area (TPSA) is 3.24 Å². The van der Waals surface area contributed by atoms with Gasteiger partial charge in [0, 0.05) is 17.1 Å². The molecular formula is C29H27N. The molecule has 1 heteroatoms. The number of hydrogen-bond acceptors (Lipinski definition) is 1. The third-order valence-electron chi connectivity index (χ3n) is 6.16. The van der Waals surface area contributed by atoms with Gasteiger partial charge in [-0.1, -0.05) is 65.2 Å². The Morgan fingerprint density at radius 1 is 0.533 bits per heavy atom. The van der Waals surface area contributed by atoms with E-state index in [2.05, 4.69) is 111 Å². The molecule has 4 aromatic carbocycles. The lowest BCUT2D eigenvalue weighted by atomic mass is 10.0. The Hall–Kier alpha value is -3.32. The smallest absolute Gasteiger partial charge is 0.0490 e. The third-order valence-corrected chi connectivity index (χ3v) is 6.16. The second kappa shape index (κ2) is 7.18. The molecular weight excluding hydrogens is 362 g/mol. The van der Waals surface area contributed by atoms with Crippen LogP contribution in [-0.2, 0) is 6.42 Å². The molecule has 0 bridgehead atoms. The molecule has 0 aromatic heterocycles. The Balaban J connectivity index is 1.65. The number of rotatable bonds is 3. The highest BCUT2D eigenvalue weighted by atomic mass is 15.1. The SMILES string of the molecule is Cc1ccc(N(c2ccc3c(c2)Cc2cc(C)ccc2-3)c2ccc(C)cc2C)cc1. The molecule has 0 atom stereocenters. The number of fused-ring (bicyclic) bond motifs is 3. The molecule has 148 valence electrons. The molecule has 0 amide bonds.